The van der Waals surface area contributed by atoms with E-state index in [-0.39, 0.29) is 5.91 Å². The number of nitrogens with two attached hydrogens (primary N) is 1. The maximum Gasteiger partial charge on any atom is 0.276 e. The highest BCUT2D eigenvalue weighted by atomic mass is 16.2. The van der Waals surface area contributed by atoms with Gasteiger partial charge in [-0.05, 0) is 24.7 Å². The third-order valence-electron chi connectivity index (χ3n) is 5.12. The minimum Gasteiger partial charge on any atom is -0.337 e. The summed E-state index contributed by atoms with van der Waals surface area (Å²) < 4.78 is 1.62. The number of hydrogen-bond donors (Lipinski definition) is 3. The monoisotopic (exact) mass is 321 g/mol. The van der Waals surface area contributed by atoms with Crippen LogP contribution in [-0.2, 0) is 6.54 Å². The molecule has 23 heavy (non-hydrogen) atoms. The number of nitrogens with zero attached hydrogens (tertiary/aromatic N) is 4. The molecule has 2 atom stereocenters. The van der Waals surface area contributed by atoms with Gasteiger partial charge >= 0.3 is 0 Å². The summed E-state index contributed by atoms with van der Waals surface area (Å²) >= 11 is 0. The molecule has 2 aliphatic rings. The Morgan fingerprint density at radius 1 is 1.43 bits per heavy atom. The molecule has 1 aromatic heterocycles. The fourth-order valence-electron chi connectivity index (χ4n) is 3.72. The molecule has 0 saturated carbocycles. The molecule has 3 rings (SSSR count). The first-order valence-electron chi connectivity index (χ1n) is 8.60. The summed E-state index contributed by atoms with van der Waals surface area (Å²) in [6, 6.07) is 0.530. The van der Waals surface area contributed by atoms with Gasteiger partial charge in [0, 0.05) is 32.2 Å². The number of hydrogen-bond acceptors (Lipinski definition) is 6. The summed E-state index contributed by atoms with van der Waals surface area (Å²) in [6.07, 6.45) is 4.96. The Bertz CT molecular complexity index is 524. The first-order chi connectivity index (χ1) is 11.2. The van der Waals surface area contributed by atoms with E-state index in [9.17, 15) is 4.79 Å². The molecule has 2 unspecified atom stereocenters. The third kappa shape index (κ3) is 3.54. The van der Waals surface area contributed by atoms with Crippen molar-refractivity contribution in [3.63, 3.8) is 0 Å². The zero-order valence-corrected chi connectivity index (χ0v) is 13.7. The summed E-state index contributed by atoms with van der Waals surface area (Å²) in [5, 5.41) is 7.92. The standard InChI is InChI=1S/C15H27N7O/c1-2-11-9-17-19-14(11)12-3-6-21(7-4-12)15(23)13-10-22(8-5-16)20-18-13/h10-12,14,17,19H,2-9,16H2,1H3. The lowest BCUT2D eigenvalue weighted by Gasteiger charge is -2.36. The number of carbonyl (C=O) groups excluding carboxylic acids is 1. The van der Waals surface area contributed by atoms with Crippen molar-refractivity contribution in [3.8, 4) is 0 Å². The number of likely N-dealkylation sites (tertiary alicyclic amines) is 1. The van der Waals surface area contributed by atoms with Crippen LogP contribution in [0.25, 0.3) is 0 Å². The molecule has 8 nitrogen and oxygen atoms in total. The zero-order valence-electron chi connectivity index (χ0n) is 13.7. The van der Waals surface area contributed by atoms with Gasteiger partial charge in [0.15, 0.2) is 5.69 Å². The number of piperidine rings is 1. The lowest BCUT2D eigenvalue weighted by molar-refractivity contribution is 0.0657. The minimum atomic E-state index is -0.0173. The molecular formula is C15H27N7O. The molecule has 128 valence electrons. The Kier molecular flexibility index (Phi) is 5.24. The predicted octanol–water partition coefficient (Wildman–Crippen LogP) is -0.408. The van der Waals surface area contributed by atoms with Crippen molar-refractivity contribution in [1.29, 1.82) is 0 Å². The van der Waals surface area contributed by atoms with Crippen LogP contribution < -0.4 is 16.6 Å². The number of carbonyl (C=O) groups is 1. The van der Waals surface area contributed by atoms with Gasteiger partial charge < -0.3 is 10.6 Å². The molecule has 2 saturated heterocycles. The summed E-state index contributed by atoms with van der Waals surface area (Å²) in [5.41, 5.74) is 12.6. The molecule has 1 aromatic rings. The van der Waals surface area contributed by atoms with Crippen LogP contribution in [0.5, 0.6) is 0 Å². The molecule has 4 N–H and O–H groups in total. The van der Waals surface area contributed by atoms with E-state index in [0.717, 1.165) is 32.5 Å². The van der Waals surface area contributed by atoms with Gasteiger partial charge in [-0.25, -0.2) is 0 Å². The summed E-state index contributed by atoms with van der Waals surface area (Å²) in [7, 11) is 0. The van der Waals surface area contributed by atoms with Crippen LogP contribution in [0.2, 0.25) is 0 Å². The van der Waals surface area contributed by atoms with Crippen molar-refractivity contribution in [2.75, 3.05) is 26.2 Å². The summed E-state index contributed by atoms with van der Waals surface area (Å²) in [5.74, 6) is 1.31. The van der Waals surface area contributed by atoms with Crippen molar-refractivity contribution in [1.82, 2.24) is 30.7 Å². The van der Waals surface area contributed by atoms with Gasteiger partial charge in [0.05, 0.1) is 12.7 Å². The fraction of sp³-hybridized carbons (Fsp3) is 0.800. The van der Waals surface area contributed by atoms with Gasteiger partial charge in [-0.1, -0.05) is 18.6 Å². The van der Waals surface area contributed by atoms with E-state index >= 15 is 0 Å². The number of amides is 1. The van der Waals surface area contributed by atoms with Gasteiger partial charge in [0.25, 0.3) is 5.91 Å². The average Bonchev–Trinajstić information content (AvgIpc) is 3.23. The maximum absolute atomic E-state index is 12.5. The molecular weight excluding hydrogens is 294 g/mol. The molecule has 3 heterocycles. The highest BCUT2D eigenvalue weighted by molar-refractivity contribution is 5.91. The van der Waals surface area contributed by atoms with Crippen LogP contribution in [0.3, 0.4) is 0 Å². The van der Waals surface area contributed by atoms with Crippen molar-refractivity contribution in [2.24, 2.45) is 17.6 Å². The van der Waals surface area contributed by atoms with E-state index in [2.05, 4.69) is 28.1 Å². The normalized spacial score (nSPS) is 25.9. The van der Waals surface area contributed by atoms with Crippen LogP contribution in [0.15, 0.2) is 6.20 Å². The molecule has 2 fully saturated rings. The highest BCUT2D eigenvalue weighted by Gasteiger charge is 2.35. The van der Waals surface area contributed by atoms with Crippen LogP contribution >= 0.6 is 0 Å². The minimum absolute atomic E-state index is 0.0173. The first-order valence-corrected chi connectivity index (χ1v) is 8.60. The molecule has 0 bridgehead atoms. The van der Waals surface area contributed by atoms with E-state index in [1.165, 1.54) is 6.42 Å². The van der Waals surface area contributed by atoms with Gasteiger partial charge in [0.2, 0.25) is 0 Å². The fourth-order valence-corrected chi connectivity index (χ4v) is 3.72. The second-order valence-corrected chi connectivity index (χ2v) is 6.50. The van der Waals surface area contributed by atoms with E-state index in [4.69, 9.17) is 5.73 Å². The van der Waals surface area contributed by atoms with Crippen molar-refractivity contribution < 1.29 is 4.79 Å². The van der Waals surface area contributed by atoms with Crippen molar-refractivity contribution in [2.45, 2.75) is 38.8 Å². The largest absolute Gasteiger partial charge is 0.337 e. The topological polar surface area (TPSA) is 101 Å². The lowest BCUT2D eigenvalue weighted by atomic mass is 9.82. The Hall–Kier alpha value is -1.51. The average molecular weight is 321 g/mol. The second kappa shape index (κ2) is 7.37. The predicted molar refractivity (Wildman–Crippen MR) is 86.4 cm³/mol. The second-order valence-electron chi connectivity index (χ2n) is 6.50. The number of hydrazine groups is 1. The van der Waals surface area contributed by atoms with Crippen LogP contribution in [0, 0.1) is 11.8 Å². The number of nitrogens with one attached hydrogen (secondary N) is 2. The van der Waals surface area contributed by atoms with Crippen LogP contribution in [0.4, 0.5) is 0 Å². The zero-order chi connectivity index (χ0) is 16.2. The van der Waals surface area contributed by atoms with Crippen LogP contribution in [0.1, 0.15) is 36.7 Å². The van der Waals surface area contributed by atoms with Gasteiger partial charge in [-0.15, -0.1) is 5.10 Å². The Balaban J connectivity index is 1.54. The molecule has 1 amide bonds. The SMILES string of the molecule is CCC1CNNC1C1CCN(C(=O)c2cn(CCN)nn2)CC1. The lowest BCUT2D eigenvalue weighted by Crippen LogP contribution is -2.46. The van der Waals surface area contributed by atoms with Crippen molar-refractivity contribution in [3.05, 3.63) is 11.9 Å². The Labute approximate surface area is 136 Å². The van der Waals surface area contributed by atoms with E-state index in [1.807, 2.05) is 4.90 Å². The third-order valence-corrected chi connectivity index (χ3v) is 5.12. The van der Waals surface area contributed by atoms with E-state index in [1.54, 1.807) is 10.9 Å². The number of rotatable bonds is 5. The van der Waals surface area contributed by atoms with Gasteiger partial charge in [-0.2, -0.15) is 0 Å². The Morgan fingerprint density at radius 2 is 2.22 bits per heavy atom. The van der Waals surface area contributed by atoms with Crippen LogP contribution in [-0.4, -0.2) is 58.0 Å². The smallest absolute Gasteiger partial charge is 0.276 e. The van der Waals surface area contributed by atoms with Crippen molar-refractivity contribution >= 4 is 5.91 Å². The molecule has 0 spiro atoms. The highest BCUT2D eigenvalue weighted by Crippen LogP contribution is 2.28. The van der Waals surface area contributed by atoms with Gasteiger partial charge in [0.1, 0.15) is 0 Å². The Morgan fingerprint density at radius 3 is 2.91 bits per heavy atom. The number of aromatic nitrogens is 3. The first kappa shape index (κ1) is 16.4. The van der Waals surface area contributed by atoms with E-state index < -0.39 is 0 Å². The molecule has 2 aliphatic heterocycles. The molecule has 0 aliphatic carbocycles. The molecule has 8 heteroatoms. The molecule has 0 aromatic carbocycles. The van der Waals surface area contributed by atoms with E-state index in [0.29, 0.717) is 36.7 Å². The quantitative estimate of drug-likeness (QED) is 0.682. The maximum atomic E-state index is 12.5. The molecule has 0 radical (unpaired) electrons. The van der Waals surface area contributed by atoms with Gasteiger partial charge in [-0.3, -0.25) is 20.3 Å². The summed E-state index contributed by atoms with van der Waals surface area (Å²) in [4.78, 5) is 14.4. The summed E-state index contributed by atoms with van der Waals surface area (Å²) in [6.45, 7) is 5.95.